The highest BCUT2D eigenvalue weighted by molar-refractivity contribution is 7.89. The number of aromatic nitrogens is 3. The Morgan fingerprint density at radius 2 is 1.71 bits per heavy atom. The maximum absolute atomic E-state index is 14.3. The molecule has 0 aliphatic heterocycles. The van der Waals surface area contributed by atoms with Crippen molar-refractivity contribution in [2.75, 3.05) is 24.5 Å². The van der Waals surface area contributed by atoms with Gasteiger partial charge in [0, 0.05) is 37.6 Å². The highest BCUT2D eigenvalue weighted by Crippen LogP contribution is 2.31. The fourth-order valence-corrected chi connectivity index (χ4v) is 6.55. The summed E-state index contributed by atoms with van der Waals surface area (Å²) in [5.74, 6) is -0.802. The number of carbonyl (C=O) groups excluding carboxylic acids is 1. The van der Waals surface area contributed by atoms with Gasteiger partial charge in [-0.1, -0.05) is 44.1 Å². The standard InChI is InChI=1S/C27H32FN5O3S2/c1-3-5-17-32(18-6-4-2)38(35,36)22-13-11-21(12-14-22)26(34)33(20-19-31-16-8-15-29-31)27-30-25-23(28)9-7-10-24(25)37-27/h7-16H,3-6,17-20H2,1-2H3. The third kappa shape index (κ3) is 6.28. The van der Waals surface area contributed by atoms with Gasteiger partial charge < -0.3 is 0 Å². The fraction of sp³-hybridized carbons (Fsp3) is 0.370. The molecule has 1 amide bonds. The van der Waals surface area contributed by atoms with E-state index in [9.17, 15) is 17.6 Å². The molecule has 0 radical (unpaired) electrons. The van der Waals surface area contributed by atoms with E-state index >= 15 is 0 Å². The van der Waals surface area contributed by atoms with Crippen LogP contribution in [0.1, 0.15) is 49.9 Å². The predicted octanol–water partition coefficient (Wildman–Crippen LogP) is 5.57. The largest absolute Gasteiger partial charge is 0.282 e. The second kappa shape index (κ2) is 12.6. The van der Waals surface area contributed by atoms with Crippen molar-refractivity contribution in [3.63, 3.8) is 0 Å². The Bertz CT molecular complexity index is 1450. The monoisotopic (exact) mass is 557 g/mol. The van der Waals surface area contributed by atoms with E-state index in [1.165, 1.54) is 50.9 Å². The zero-order chi connectivity index (χ0) is 27.1. The van der Waals surface area contributed by atoms with Crippen molar-refractivity contribution in [1.29, 1.82) is 0 Å². The molecule has 4 rings (SSSR count). The lowest BCUT2D eigenvalue weighted by molar-refractivity contribution is 0.0985. The number of rotatable bonds is 13. The number of hydrogen-bond donors (Lipinski definition) is 0. The Morgan fingerprint density at radius 3 is 2.32 bits per heavy atom. The fourth-order valence-electron chi connectivity index (χ4n) is 4.03. The highest BCUT2D eigenvalue weighted by atomic mass is 32.2. The van der Waals surface area contributed by atoms with Gasteiger partial charge in [0.1, 0.15) is 11.3 Å². The first-order valence-corrected chi connectivity index (χ1v) is 15.0. The number of amides is 1. The number of halogens is 1. The Hall–Kier alpha value is -3.15. The Labute approximate surface area is 226 Å². The van der Waals surface area contributed by atoms with Crippen LogP contribution in [0.4, 0.5) is 9.52 Å². The van der Waals surface area contributed by atoms with E-state index in [2.05, 4.69) is 10.1 Å². The number of carbonyl (C=O) groups is 1. The van der Waals surface area contributed by atoms with Gasteiger partial charge in [0.25, 0.3) is 5.91 Å². The Morgan fingerprint density at radius 1 is 1.00 bits per heavy atom. The van der Waals surface area contributed by atoms with Crippen molar-refractivity contribution in [2.24, 2.45) is 0 Å². The van der Waals surface area contributed by atoms with Crippen molar-refractivity contribution in [3.8, 4) is 0 Å². The quantitative estimate of drug-likeness (QED) is 0.214. The number of thiazole rings is 1. The SMILES string of the molecule is CCCCN(CCCC)S(=O)(=O)c1ccc(C(=O)N(CCn2cccn2)c2nc3c(F)cccc3s2)cc1. The summed E-state index contributed by atoms with van der Waals surface area (Å²) < 4.78 is 44.9. The zero-order valence-corrected chi connectivity index (χ0v) is 23.2. The minimum absolute atomic E-state index is 0.159. The molecule has 0 unspecified atom stereocenters. The van der Waals surface area contributed by atoms with Crippen molar-refractivity contribution >= 4 is 42.6 Å². The van der Waals surface area contributed by atoms with Crippen LogP contribution < -0.4 is 4.90 Å². The number of benzene rings is 2. The van der Waals surface area contributed by atoms with Crippen LogP contribution in [0.25, 0.3) is 10.2 Å². The summed E-state index contributed by atoms with van der Waals surface area (Å²) in [6.07, 6.45) is 6.82. The highest BCUT2D eigenvalue weighted by Gasteiger charge is 2.26. The number of hydrogen-bond acceptors (Lipinski definition) is 6. The lowest BCUT2D eigenvalue weighted by atomic mass is 10.2. The molecule has 0 aliphatic carbocycles. The number of nitrogens with zero attached hydrogens (tertiary/aromatic N) is 5. The van der Waals surface area contributed by atoms with E-state index in [4.69, 9.17) is 0 Å². The molecule has 0 saturated carbocycles. The Balaban J connectivity index is 1.61. The van der Waals surface area contributed by atoms with Gasteiger partial charge in [-0.15, -0.1) is 0 Å². The molecule has 0 bridgehead atoms. The Kier molecular flexibility index (Phi) is 9.24. The van der Waals surface area contributed by atoms with Gasteiger partial charge in [-0.05, 0) is 55.3 Å². The van der Waals surface area contributed by atoms with Crippen LogP contribution in [0.2, 0.25) is 0 Å². The van der Waals surface area contributed by atoms with Crippen LogP contribution in [-0.2, 0) is 16.6 Å². The average Bonchev–Trinajstić information content (AvgIpc) is 3.60. The van der Waals surface area contributed by atoms with E-state index in [0.717, 1.165) is 25.7 Å². The molecule has 0 saturated heterocycles. The number of fused-ring (bicyclic) bond motifs is 1. The van der Waals surface area contributed by atoms with Gasteiger partial charge in [0.15, 0.2) is 5.13 Å². The molecule has 0 aliphatic rings. The van der Waals surface area contributed by atoms with Gasteiger partial charge in [0.05, 0.1) is 16.1 Å². The van der Waals surface area contributed by atoms with E-state index < -0.39 is 15.8 Å². The lowest BCUT2D eigenvalue weighted by Gasteiger charge is -2.22. The second-order valence-corrected chi connectivity index (χ2v) is 11.9. The van der Waals surface area contributed by atoms with Crippen molar-refractivity contribution < 1.29 is 17.6 Å². The molecule has 2 aromatic heterocycles. The minimum atomic E-state index is -3.68. The van der Waals surface area contributed by atoms with Crippen molar-refractivity contribution in [2.45, 2.75) is 51.0 Å². The smallest absolute Gasteiger partial charge is 0.260 e. The number of para-hydroxylation sites is 1. The van der Waals surface area contributed by atoms with Gasteiger partial charge in [-0.3, -0.25) is 14.4 Å². The second-order valence-electron chi connectivity index (χ2n) is 8.94. The molecule has 0 atom stereocenters. The molecule has 2 aromatic carbocycles. The number of sulfonamides is 1. The summed E-state index contributed by atoms with van der Waals surface area (Å²) in [6.45, 7) is 5.66. The van der Waals surface area contributed by atoms with E-state index in [1.54, 1.807) is 35.3 Å². The number of unbranched alkanes of at least 4 members (excludes halogenated alkanes) is 2. The van der Waals surface area contributed by atoms with Gasteiger partial charge in [-0.25, -0.2) is 17.8 Å². The summed E-state index contributed by atoms with van der Waals surface area (Å²) in [7, 11) is -3.68. The molecule has 4 aromatic rings. The molecule has 0 fully saturated rings. The van der Waals surface area contributed by atoms with Crippen LogP contribution in [0.15, 0.2) is 65.8 Å². The molecule has 0 N–H and O–H groups in total. The summed E-state index contributed by atoms with van der Waals surface area (Å²) in [6, 6.07) is 12.5. The first kappa shape index (κ1) is 27.9. The first-order chi connectivity index (χ1) is 18.3. The molecule has 0 spiro atoms. The summed E-state index contributed by atoms with van der Waals surface area (Å²) >= 11 is 1.23. The average molecular weight is 558 g/mol. The van der Waals surface area contributed by atoms with E-state index in [-0.39, 0.29) is 22.9 Å². The minimum Gasteiger partial charge on any atom is -0.282 e. The van der Waals surface area contributed by atoms with Crippen LogP contribution >= 0.6 is 11.3 Å². The van der Waals surface area contributed by atoms with Gasteiger partial charge >= 0.3 is 0 Å². The third-order valence-corrected chi connectivity index (χ3v) is 9.16. The van der Waals surface area contributed by atoms with Crippen LogP contribution in [0.3, 0.4) is 0 Å². The van der Waals surface area contributed by atoms with Crippen molar-refractivity contribution in [1.82, 2.24) is 19.1 Å². The van der Waals surface area contributed by atoms with Crippen molar-refractivity contribution in [3.05, 3.63) is 72.3 Å². The van der Waals surface area contributed by atoms with E-state index in [1.807, 2.05) is 13.8 Å². The van der Waals surface area contributed by atoms with Crippen LogP contribution in [0, 0.1) is 5.82 Å². The summed E-state index contributed by atoms with van der Waals surface area (Å²) in [5, 5.41) is 4.56. The maximum Gasteiger partial charge on any atom is 0.260 e. The van der Waals surface area contributed by atoms with Gasteiger partial charge in [-0.2, -0.15) is 9.40 Å². The van der Waals surface area contributed by atoms with Gasteiger partial charge in [0.2, 0.25) is 10.0 Å². The zero-order valence-electron chi connectivity index (χ0n) is 21.6. The number of anilines is 1. The van der Waals surface area contributed by atoms with E-state index in [0.29, 0.717) is 35.0 Å². The molecule has 38 heavy (non-hydrogen) atoms. The maximum atomic E-state index is 14.3. The normalized spacial score (nSPS) is 11.9. The lowest BCUT2D eigenvalue weighted by Crippen LogP contribution is -2.34. The first-order valence-electron chi connectivity index (χ1n) is 12.8. The molecule has 2 heterocycles. The molecular formula is C27H32FN5O3S2. The molecule has 202 valence electrons. The third-order valence-electron chi connectivity index (χ3n) is 6.21. The topological polar surface area (TPSA) is 88.4 Å². The van der Waals surface area contributed by atoms with Crippen LogP contribution in [-0.4, -0.2) is 53.0 Å². The van der Waals surface area contributed by atoms with Crippen LogP contribution in [0.5, 0.6) is 0 Å². The molecule has 8 nitrogen and oxygen atoms in total. The molecular weight excluding hydrogens is 525 g/mol. The summed E-state index contributed by atoms with van der Waals surface area (Å²) in [5.41, 5.74) is 0.530. The predicted molar refractivity (Wildman–Crippen MR) is 148 cm³/mol. The molecule has 11 heteroatoms. The summed E-state index contributed by atoms with van der Waals surface area (Å²) in [4.78, 5) is 19.7.